The molecule has 234 valence electrons. The fourth-order valence-electron chi connectivity index (χ4n) is 6.62. The maximum atomic E-state index is 14.0. The number of amides is 2. The summed E-state index contributed by atoms with van der Waals surface area (Å²) in [6.45, 7) is 8.64. The Bertz CT molecular complexity index is 1420. The molecule has 0 spiro atoms. The van der Waals surface area contributed by atoms with E-state index < -0.39 is 0 Å². The minimum atomic E-state index is -0.371. The molecule has 0 bridgehead atoms. The molecule has 5 rings (SSSR count). The number of carbonyl (C=O) groups is 2. The number of aliphatic hydroxyl groups is 1. The molecule has 2 aliphatic heterocycles. The summed E-state index contributed by atoms with van der Waals surface area (Å²) in [5, 5.41) is 10.8. The van der Waals surface area contributed by atoms with Crippen LogP contribution in [0, 0.1) is 13.8 Å². The molecule has 1 unspecified atom stereocenters. The van der Waals surface area contributed by atoms with Crippen molar-refractivity contribution in [3.63, 3.8) is 0 Å². The molecule has 3 aromatic rings. The summed E-state index contributed by atoms with van der Waals surface area (Å²) < 4.78 is 0. The van der Waals surface area contributed by atoms with Crippen molar-refractivity contribution in [3.8, 4) is 0 Å². The van der Waals surface area contributed by atoms with E-state index in [1.54, 1.807) is 12.1 Å². The molecule has 2 amide bonds. The van der Waals surface area contributed by atoms with E-state index in [1.165, 1.54) is 5.56 Å². The van der Waals surface area contributed by atoms with Gasteiger partial charge in [0.25, 0.3) is 5.91 Å². The van der Waals surface area contributed by atoms with Gasteiger partial charge in [0, 0.05) is 44.3 Å². The van der Waals surface area contributed by atoms with Gasteiger partial charge in [0.1, 0.15) is 0 Å². The second-order valence-electron chi connectivity index (χ2n) is 12.1. The van der Waals surface area contributed by atoms with E-state index in [-0.39, 0.29) is 37.0 Å². The maximum Gasteiger partial charge on any atom is 0.254 e. The number of hydrogen-bond acceptors (Lipinski definition) is 5. The van der Waals surface area contributed by atoms with E-state index in [4.69, 9.17) is 23.2 Å². The Balaban J connectivity index is 1.29. The molecule has 44 heavy (non-hydrogen) atoms. The van der Waals surface area contributed by atoms with Gasteiger partial charge in [-0.3, -0.25) is 19.4 Å². The molecule has 1 N–H and O–H groups in total. The zero-order valence-electron chi connectivity index (χ0n) is 25.6. The Kier molecular flexibility index (Phi) is 11.0. The minimum Gasteiger partial charge on any atom is -0.395 e. The Morgan fingerprint density at radius 2 is 1.59 bits per heavy atom. The van der Waals surface area contributed by atoms with E-state index in [0.29, 0.717) is 41.8 Å². The van der Waals surface area contributed by atoms with Crippen LogP contribution < -0.4 is 0 Å². The van der Waals surface area contributed by atoms with Crippen LogP contribution in [-0.2, 0) is 11.3 Å². The number of aliphatic hydroxyl groups excluding tert-OH is 1. The molecule has 0 radical (unpaired) electrons. The molecule has 9 heteroatoms. The van der Waals surface area contributed by atoms with E-state index >= 15 is 0 Å². The highest BCUT2D eigenvalue weighted by atomic mass is 35.5. The fraction of sp³-hybridized carbons (Fsp3) is 0.429. The Morgan fingerprint density at radius 3 is 2.25 bits per heavy atom. The van der Waals surface area contributed by atoms with Crippen LogP contribution in [0.1, 0.15) is 51.5 Å². The molecule has 7 nitrogen and oxygen atoms in total. The maximum absolute atomic E-state index is 14.0. The highest BCUT2D eigenvalue weighted by Gasteiger charge is 2.36. The predicted octanol–water partition coefficient (Wildman–Crippen LogP) is 5.59. The lowest BCUT2D eigenvalue weighted by atomic mass is 9.99. The second-order valence-corrected chi connectivity index (χ2v) is 12.9. The summed E-state index contributed by atoms with van der Waals surface area (Å²) in [6, 6.07) is 21.6. The van der Waals surface area contributed by atoms with Crippen LogP contribution in [0.3, 0.4) is 0 Å². The van der Waals surface area contributed by atoms with Gasteiger partial charge in [0.05, 0.1) is 29.2 Å². The standard InChI is InChI=1S/C35H42Cl2N4O3/c1-25-18-26(2)20-29(19-25)35(44)40-14-15-41(33(23-40)28-8-9-31(36)32(37)21-28)34(43)24-39(16-17-42)30-10-12-38(13-11-30)22-27-6-4-3-5-7-27/h3-9,18-21,30,33,42H,10-17,22-24H2,1-2H3. The number of carbonyl (C=O) groups excluding carboxylic acids is 2. The van der Waals surface area contributed by atoms with Gasteiger partial charge < -0.3 is 14.9 Å². The summed E-state index contributed by atoms with van der Waals surface area (Å²) in [6.07, 6.45) is 1.88. The van der Waals surface area contributed by atoms with Crippen molar-refractivity contribution in [1.29, 1.82) is 0 Å². The average Bonchev–Trinajstić information content (AvgIpc) is 3.02. The highest BCUT2D eigenvalue weighted by molar-refractivity contribution is 6.42. The molecule has 2 fully saturated rings. The van der Waals surface area contributed by atoms with E-state index in [9.17, 15) is 14.7 Å². The van der Waals surface area contributed by atoms with Crippen molar-refractivity contribution in [2.45, 2.75) is 45.3 Å². The third-order valence-corrected chi connectivity index (χ3v) is 9.57. The molecule has 0 aromatic heterocycles. The number of hydrogen-bond donors (Lipinski definition) is 1. The summed E-state index contributed by atoms with van der Waals surface area (Å²) in [4.78, 5) is 36.0. The lowest BCUT2D eigenvalue weighted by Crippen LogP contribution is -2.55. The third-order valence-electron chi connectivity index (χ3n) is 8.83. The fourth-order valence-corrected chi connectivity index (χ4v) is 6.93. The monoisotopic (exact) mass is 636 g/mol. The van der Waals surface area contributed by atoms with E-state index in [0.717, 1.165) is 49.2 Å². The Hall–Kier alpha value is -2.94. The van der Waals surface area contributed by atoms with Crippen molar-refractivity contribution in [3.05, 3.63) is 105 Å². The number of aryl methyl sites for hydroxylation is 2. The smallest absolute Gasteiger partial charge is 0.254 e. The van der Waals surface area contributed by atoms with Crippen LogP contribution in [0.15, 0.2) is 66.7 Å². The van der Waals surface area contributed by atoms with Crippen molar-refractivity contribution < 1.29 is 14.7 Å². The van der Waals surface area contributed by atoms with Gasteiger partial charge in [-0.25, -0.2) is 0 Å². The van der Waals surface area contributed by atoms with Crippen molar-refractivity contribution in [2.75, 3.05) is 52.4 Å². The zero-order valence-corrected chi connectivity index (χ0v) is 27.1. The van der Waals surface area contributed by atoms with Crippen LogP contribution in [0.5, 0.6) is 0 Å². The highest BCUT2D eigenvalue weighted by Crippen LogP contribution is 2.32. The van der Waals surface area contributed by atoms with Gasteiger partial charge in [-0.1, -0.05) is 76.8 Å². The van der Waals surface area contributed by atoms with E-state index in [2.05, 4.69) is 40.1 Å². The number of nitrogens with zero attached hydrogens (tertiary/aromatic N) is 4. The first kappa shape index (κ1) is 32.5. The van der Waals surface area contributed by atoms with Crippen LogP contribution in [0.2, 0.25) is 10.0 Å². The van der Waals surface area contributed by atoms with Crippen LogP contribution in [-0.4, -0.2) is 95.0 Å². The van der Waals surface area contributed by atoms with Crippen molar-refractivity contribution in [2.24, 2.45) is 0 Å². The van der Waals surface area contributed by atoms with Crippen LogP contribution >= 0.6 is 23.2 Å². The second kappa shape index (κ2) is 14.9. The molecular formula is C35H42Cl2N4O3. The van der Waals surface area contributed by atoms with Gasteiger partial charge in [-0.2, -0.15) is 0 Å². The number of benzene rings is 3. The average molecular weight is 638 g/mol. The quantitative estimate of drug-likeness (QED) is 0.331. The molecule has 1 atom stereocenters. The lowest BCUT2D eigenvalue weighted by molar-refractivity contribution is -0.138. The van der Waals surface area contributed by atoms with Crippen LogP contribution in [0.4, 0.5) is 0 Å². The van der Waals surface area contributed by atoms with Crippen molar-refractivity contribution in [1.82, 2.24) is 19.6 Å². The normalized spacial score (nSPS) is 18.2. The molecular weight excluding hydrogens is 595 g/mol. The lowest BCUT2D eigenvalue weighted by Gasteiger charge is -2.43. The van der Waals surface area contributed by atoms with Gasteiger partial charge in [0.15, 0.2) is 0 Å². The van der Waals surface area contributed by atoms with Gasteiger partial charge in [0.2, 0.25) is 5.91 Å². The largest absolute Gasteiger partial charge is 0.395 e. The molecule has 2 saturated heterocycles. The van der Waals surface area contributed by atoms with Gasteiger partial charge in [-0.05, 0) is 75.2 Å². The van der Waals surface area contributed by atoms with Crippen molar-refractivity contribution >= 4 is 35.0 Å². The predicted molar refractivity (Wildman–Crippen MR) is 176 cm³/mol. The Labute approximate surface area is 271 Å². The number of halogens is 2. The third kappa shape index (κ3) is 8.01. The number of piperidine rings is 1. The molecule has 0 saturated carbocycles. The molecule has 2 aliphatic rings. The minimum absolute atomic E-state index is 0.00802. The first-order valence-electron chi connectivity index (χ1n) is 15.4. The Morgan fingerprint density at radius 1 is 0.886 bits per heavy atom. The van der Waals surface area contributed by atoms with E-state index in [1.807, 2.05) is 47.9 Å². The summed E-state index contributed by atoms with van der Waals surface area (Å²) >= 11 is 12.7. The molecule has 2 heterocycles. The molecule has 0 aliphatic carbocycles. The zero-order chi connectivity index (χ0) is 31.2. The van der Waals surface area contributed by atoms with Gasteiger partial charge >= 0.3 is 0 Å². The first-order valence-corrected chi connectivity index (χ1v) is 16.2. The first-order chi connectivity index (χ1) is 21.2. The number of rotatable bonds is 9. The number of likely N-dealkylation sites (tertiary alicyclic amines) is 1. The summed E-state index contributed by atoms with van der Waals surface area (Å²) in [5.41, 5.74) is 4.88. The topological polar surface area (TPSA) is 67.3 Å². The SMILES string of the molecule is Cc1cc(C)cc(C(=O)N2CCN(C(=O)CN(CCO)C3CCN(Cc4ccccc4)CC3)C(c3ccc(Cl)c(Cl)c3)C2)c1. The van der Waals surface area contributed by atoms with Crippen LogP contribution in [0.25, 0.3) is 0 Å². The van der Waals surface area contributed by atoms with Gasteiger partial charge in [-0.15, -0.1) is 0 Å². The summed E-state index contributed by atoms with van der Waals surface area (Å²) in [5.74, 6) is -0.0575. The number of piperazine rings is 1. The molecule has 3 aromatic carbocycles. The summed E-state index contributed by atoms with van der Waals surface area (Å²) in [7, 11) is 0.